The van der Waals surface area contributed by atoms with Crippen LogP contribution in [0.1, 0.15) is 19.8 Å². The predicted molar refractivity (Wildman–Crippen MR) is 90.2 cm³/mol. The van der Waals surface area contributed by atoms with Crippen molar-refractivity contribution in [1.82, 2.24) is 10.6 Å². The minimum Gasteiger partial charge on any atom is -0.479 e. The maximum absolute atomic E-state index is 12.3. The Morgan fingerprint density at radius 2 is 2.22 bits per heavy atom. The number of anilines is 1. The molecule has 0 radical (unpaired) electrons. The van der Waals surface area contributed by atoms with E-state index in [0.29, 0.717) is 11.4 Å². The molecular formula is C16H22ClN3O3. The van der Waals surface area contributed by atoms with Gasteiger partial charge in [-0.25, -0.2) is 0 Å². The van der Waals surface area contributed by atoms with E-state index in [9.17, 15) is 9.59 Å². The molecule has 6 nitrogen and oxygen atoms in total. The van der Waals surface area contributed by atoms with Gasteiger partial charge in [-0.2, -0.15) is 0 Å². The highest BCUT2D eigenvalue weighted by molar-refractivity contribution is 6.03. The fraction of sp³-hybridized carbons (Fsp3) is 0.500. The lowest BCUT2D eigenvalue weighted by Crippen LogP contribution is -2.52. The molecule has 7 heteroatoms. The van der Waals surface area contributed by atoms with Crippen molar-refractivity contribution in [2.45, 2.75) is 31.9 Å². The van der Waals surface area contributed by atoms with E-state index in [2.05, 4.69) is 10.6 Å². The largest absolute Gasteiger partial charge is 0.479 e. The second kappa shape index (κ2) is 7.66. The Morgan fingerprint density at radius 3 is 2.96 bits per heavy atom. The molecule has 0 saturated carbocycles. The van der Waals surface area contributed by atoms with Crippen molar-refractivity contribution < 1.29 is 14.3 Å². The van der Waals surface area contributed by atoms with E-state index in [0.717, 1.165) is 25.9 Å². The third-order valence-corrected chi connectivity index (χ3v) is 4.04. The van der Waals surface area contributed by atoms with Crippen molar-refractivity contribution in [2.24, 2.45) is 0 Å². The van der Waals surface area contributed by atoms with Crippen LogP contribution in [0.2, 0.25) is 0 Å². The van der Waals surface area contributed by atoms with Crippen molar-refractivity contribution in [3.63, 3.8) is 0 Å². The molecule has 2 atom stereocenters. The van der Waals surface area contributed by atoms with Crippen molar-refractivity contribution in [3.05, 3.63) is 24.3 Å². The minimum absolute atomic E-state index is 0. The molecule has 2 amide bonds. The molecule has 1 aromatic rings. The SMILES string of the molecule is CC1Oc2ccccc2N(CC(=O)N[C@H]2CCCNC2)C1=O.Cl. The molecule has 2 aliphatic heterocycles. The van der Waals surface area contributed by atoms with Crippen LogP contribution in [-0.4, -0.2) is 43.6 Å². The number of nitrogens with one attached hydrogen (secondary N) is 2. The summed E-state index contributed by atoms with van der Waals surface area (Å²) in [5.74, 6) is 0.323. The fourth-order valence-corrected chi connectivity index (χ4v) is 2.91. The number of carbonyl (C=O) groups is 2. The third kappa shape index (κ3) is 3.95. The summed E-state index contributed by atoms with van der Waals surface area (Å²) in [5, 5.41) is 6.26. The van der Waals surface area contributed by atoms with E-state index < -0.39 is 6.10 Å². The van der Waals surface area contributed by atoms with E-state index in [1.807, 2.05) is 18.2 Å². The molecule has 23 heavy (non-hydrogen) atoms. The molecule has 2 N–H and O–H groups in total. The van der Waals surface area contributed by atoms with Gasteiger partial charge in [0.2, 0.25) is 5.91 Å². The predicted octanol–water partition coefficient (Wildman–Crippen LogP) is 1.09. The van der Waals surface area contributed by atoms with Gasteiger partial charge < -0.3 is 15.4 Å². The van der Waals surface area contributed by atoms with Crippen LogP contribution >= 0.6 is 12.4 Å². The Balaban J connectivity index is 0.00000192. The normalized spacial score (nSPS) is 23.3. The molecule has 1 aromatic carbocycles. The maximum atomic E-state index is 12.3. The molecule has 3 rings (SSSR count). The summed E-state index contributed by atoms with van der Waals surface area (Å²) >= 11 is 0. The monoisotopic (exact) mass is 339 g/mol. The Morgan fingerprint density at radius 1 is 1.43 bits per heavy atom. The van der Waals surface area contributed by atoms with Crippen molar-refractivity contribution in [3.8, 4) is 5.75 Å². The van der Waals surface area contributed by atoms with Crippen LogP contribution in [0.3, 0.4) is 0 Å². The van der Waals surface area contributed by atoms with Crippen LogP contribution in [-0.2, 0) is 9.59 Å². The first-order chi connectivity index (χ1) is 10.6. The summed E-state index contributed by atoms with van der Waals surface area (Å²) < 4.78 is 5.57. The molecule has 126 valence electrons. The zero-order valence-electron chi connectivity index (χ0n) is 13.1. The lowest BCUT2D eigenvalue weighted by molar-refractivity contribution is -0.128. The topological polar surface area (TPSA) is 70.7 Å². The number of hydrogen-bond acceptors (Lipinski definition) is 4. The second-order valence-corrected chi connectivity index (χ2v) is 5.76. The quantitative estimate of drug-likeness (QED) is 0.865. The highest BCUT2D eigenvalue weighted by atomic mass is 35.5. The van der Waals surface area contributed by atoms with Gasteiger partial charge in [-0.15, -0.1) is 12.4 Å². The molecule has 0 aliphatic carbocycles. The van der Waals surface area contributed by atoms with Gasteiger partial charge in [0.1, 0.15) is 12.3 Å². The number of rotatable bonds is 3. The van der Waals surface area contributed by atoms with Crippen LogP contribution in [0.15, 0.2) is 24.3 Å². The summed E-state index contributed by atoms with van der Waals surface area (Å²) in [6.45, 7) is 3.52. The van der Waals surface area contributed by atoms with Gasteiger partial charge in [-0.3, -0.25) is 14.5 Å². The number of fused-ring (bicyclic) bond motifs is 1. The molecule has 1 saturated heterocycles. The summed E-state index contributed by atoms with van der Waals surface area (Å²) in [4.78, 5) is 26.1. The summed E-state index contributed by atoms with van der Waals surface area (Å²) in [6.07, 6.45) is 1.46. The number of benzene rings is 1. The van der Waals surface area contributed by atoms with Crippen molar-refractivity contribution in [1.29, 1.82) is 0 Å². The number of para-hydroxylation sites is 2. The highest BCUT2D eigenvalue weighted by Crippen LogP contribution is 2.33. The Hall–Kier alpha value is -1.79. The van der Waals surface area contributed by atoms with Crippen LogP contribution < -0.4 is 20.3 Å². The van der Waals surface area contributed by atoms with Crippen LogP contribution in [0.4, 0.5) is 5.69 Å². The first-order valence-electron chi connectivity index (χ1n) is 7.72. The van der Waals surface area contributed by atoms with Gasteiger partial charge in [0.15, 0.2) is 6.10 Å². The average molecular weight is 340 g/mol. The molecule has 2 heterocycles. The number of piperidine rings is 1. The number of amides is 2. The van der Waals surface area contributed by atoms with E-state index in [-0.39, 0.29) is 36.8 Å². The first-order valence-corrected chi connectivity index (χ1v) is 7.72. The van der Waals surface area contributed by atoms with Gasteiger partial charge in [0.05, 0.1) is 5.69 Å². The van der Waals surface area contributed by atoms with Gasteiger partial charge in [-0.1, -0.05) is 12.1 Å². The second-order valence-electron chi connectivity index (χ2n) is 5.76. The van der Waals surface area contributed by atoms with Gasteiger partial charge in [0.25, 0.3) is 5.91 Å². The highest BCUT2D eigenvalue weighted by Gasteiger charge is 2.32. The number of ether oxygens (including phenoxy) is 1. The van der Waals surface area contributed by atoms with Gasteiger partial charge in [0, 0.05) is 12.6 Å². The average Bonchev–Trinajstić information content (AvgIpc) is 2.53. The Kier molecular flexibility index (Phi) is 5.85. The van der Waals surface area contributed by atoms with E-state index >= 15 is 0 Å². The lowest BCUT2D eigenvalue weighted by atomic mass is 10.1. The van der Waals surface area contributed by atoms with E-state index in [4.69, 9.17) is 4.74 Å². The van der Waals surface area contributed by atoms with E-state index in [1.165, 1.54) is 4.90 Å². The molecule has 1 fully saturated rings. The molecule has 0 aromatic heterocycles. The Labute approximate surface area is 142 Å². The van der Waals surface area contributed by atoms with Crippen LogP contribution in [0.25, 0.3) is 0 Å². The summed E-state index contributed by atoms with van der Waals surface area (Å²) in [5.41, 5.74) is 0.655. The summed E-state index contributed by atoms with van der Waals surface area (Å²) in [7, 11) is 0. The molecule has 0 bridgehead atoms. The van der Waals surface area contributed by atoms with Crippen molar-refractivity contribution >= 4 is 29.9 Å². The van der Waals surface area contributed by atoms with Gasteiger partial charge >= 0.3 is 0 Å². The number of nitrogens with zero attached hydrogens (tertiary/aromatic N) is 1. The van der Waals surface area contributed by atoms with Crippen LogP contribution in [0, 0.1) is 0 Å². The third-order valence-electron chi connectivity index (χ3n) is 4.04. The first kappa shape index (κ1) is 17.6. The molecular weight excluding hydrogens is 318 g/mol. The minimum atomic E-state index is -0.570. The van der Waals surface area contributed by atoms with Crippen molar-refractivity contribution in [2.75, 3.05) is 24.5 Å². The Bertz CT molecular complexity index is 575. The molecule has 1 unspecified atom stereocenters. The number of halogens is 1. The maximum Gasteiger partial charge on any atom is 0.268 e. The molecule has 0 spiro atoms. The zero-order valence-corrected chi connectivity index (χ0v) is 13.9. The lowest BCUT2D eigenvalue weighted by Gasteiger charge is -2.33. The van der Waals surface area contributed by atoms with E-state index in [1.54, 1.807) is 13.0 Å². The summed E-state index contributed by atoms with van der Waals surface area (Å²) in [6, 6.07) is 7.45. The fourth-order valence-electron chi connectivity index (χ4n) is 2.91. The number of carbonyl (C=O) groups excluding carboxylic acids is 2. The standard InChI is InChI=1S/C16H21N3O3.ClH/c1-11-16(21)19(13-6-2-3-7-14(13)22-11)10-15(20)18-12-5-4-8-17-9-12;/h2-3,6-7,11-12,17H,4-5,8-10H2,1H3,(H,18,20);1H/t11?,12-;/m0./s1. The van der Waals surface area contributed by atoms with Crippen LogP contribution in [0.5, 0.6) is 5.75 Å². The smallest absolute Gasteiger partial charge is 0.268 e. The molecule has 2 aliphatic rings. The zero-order chi connectivity index (χ0) is 15.5. The van der Waals surface area contributed by atoms with Gasteiger partial charge in [-0.05, 0) is 38.4 Å². The number of hydrogen-bond donors (Lipinski definition) is 2.